The molecular formula is C9H16ClNO4. The van der Waals surface area contributed by atoms with Gasteiger partial charge in [-0.2, -0.15) is 0 Å². The molecule has 88 valence electrons. The van der Waals surface area contributed by atoms with Crippen LogP contribution in [0, 0.1) is 0 Å². The van der Waals surface area contributed by atoms with Crippen LogP contribution in [0.5, 0.6) is 0 Å². The highest BCUT2D eigenvalue weighted by molar-refractivity contribution is 6.19. The predicted octanol–water partition coefficient (Wildman–Crippen LogP) is 1.29. The van der Waals surface area contributed by atoms with Crippen LogP contribution in [0.15, 0.2) is 0 Å². The molecule has 1 atom stereocenters. The smallest absolute Gasteiger partial charge is 0.408 e. The standard InChI is InChI=1S/C9H16ClNO4/c1-9(2,3)15-8(13)11-6(5-10)7(12)14-4/h6H,5H2,1-4H3,(H,11,13)/t6-/m0/s1. The van der Waals surface area contributed by atoms with Gasteiger partial charge in [-0.15, -0.1) is 11.6 Å². The fraction of sp³-hybridized carbons (Fsp3) is 0.778. The molecule has 0 bridgehead atoms. The zero-order chi connectivity index (χ0) is 12.1. The van der Waals surface area contributed by atoms with Crippen LogP contribution in [0.1, 0.15) is 20.8 Å². The van der Waals surface area contributed by atoms with E-state index in [0.717, 1.165) is 0 Å². The predicted molar refractivity (Wildman–Crippen MR) is 55.9 cm³/mol. The van der Waals surface area contributed by atoms with E-state index in [1.807, 2.05) is 0 Å². The fourth-order valence-corrected chi connectivity index (χ4v) is 0.956. The van der Waals surface area contributed by atoms with Crippen LogP contribution in [0.2, 0.25) is 0 Å². The summed E-state index contributed by atoms with van der Waals surface area (Å²) in [6.07, 6.45) is -0.696. The van der Waals surface area contributed by atoms with Gasteiger partial charge in [-0.25, -0.2) is 9.59 Å². The zero-order valence-corrected chi connectivity index (χ0v) is 10.1. The second-order valence-electron chi connectivity index (χ2n) is 3.88. The number of esters is 1. The van der Waals surface area contributed by atoms with Gasteiger partial charge in [0.2, 0.25) is 0 Å². The third-order valence-electron chi connectivity index (χ3n) is 1.33. The van der Waals surface area contributed by atoms with E-state index in [4.69, 9.17) is 16.3 Å². The Morgan fingerprint density at radius 2 is 1.93 bits per heavy atom. The number of ether oxygens (including phenoxy) is 2. The maximum atomic E-state index is 11.2. The minimum Gasteiger partial charge on any atom is -0.467 e. The molecule has 6 heteroatoms. The quantitative estimate of drug-likeness (QED) is 0.594. The van der Waals surface area contributed by atoms with Crippen LogP contribution >= 0.6 is 11.6 Å². The first-order chi connectivity index (χ1) is 6.80. The van der Waals surface area contributed by atoms with Crippen LogP contribution in [-0.2, 0) is 14.3 Å². The van der Waals surface area contributed by atoms with Crippen molar-refractivity contribution >= 4 is 23.7 Å². The summed E-state index contributed by atoms with van der Waals surface area (Å²) in [5.41, 5.74) is -0.614. The second kappa shape index (κ2) is 5.80. The van der Waals surface area contributed by atoms with E-state index in [0.29, 0.717) is 0 Å². The first-order valence-corrected chi connectivity index (χ1v) is 4.97. The number of hydrogen-bond donors (Lipinski definition) is 1. The monoisotopic (exact) mass is 237 g/mol. The number of rotatable bonds is 3. The molecule has 15 heavy (non-hydrogen) atoms. The molecule has 0 aliphatic rings. The number of carbonyl (C=O) groups excluding carboxylic acids is 2. The maximum absolute atomic E-state index is 11.2. The highest BCUT2D eigenvalue weighted by atomic mass is 35.5. The molecule has 0 heterocycles. The first kappa shape index (κ1) is 14.0. The summed E-state index contributed by atoms with van der Waals surface area (Å²) in [7, 11) is 1.22. The molecule has 1 N–H and O–H groups in total. The number of nitrogens with one attached hydrogen (secondary N) is 1. The summed E-state index contributed by atoms with van der Waals surface area (Å²) >= 11 is 5.49. The van der Waals surface area contributed by atoms with Crippen molar-refractivity contribution in [1.29, 1.82) is 0 Å². The summed E-state index contributed by atoms with van der Waals surface area (Å²) in [5.74, 6) is -0.665. The van der Waals surface area contributed by atoms with Crippen LogP contribution in [0.3, 0.4) is 0 Å². The normalized spacial score (nSPS) is 12.9. The molecule has 0 aromatic heterocycles. The molecule has 0 saturated carbocycles. The average Bonchev–Trinajstić information content (AvgIpc) is 2.10. The SMILES string of the molecule is COC(=O)[C@H](CCl)NC(=O)OC(C)(C)C. The lowest BCUT2D eigenvalue weighted by Crippen LogP contribution is -2.45. The number of halogens is 1. The Morgan fingerprint density at radius 1 is 1.40 bits per heavy atom. The van der Waals surface area contributed by atoms with E-state index in [1.54, 1.807) is 20.8 Å². The maximum Gasteiger partial charge on any atom is 0.408 e. The number of alkyl carbamates (subject to hydrolysis) is 1. The lowest BCUT2D eigenvalue weighted by atomic mass is 10.2. The van der Waals surface area contributed by atoms with Crippen molar-refractivity contribution in [2.75, 3.05) is 13.0 Å². The van der Waals surface area contributed by atoms with Gasteiger partial charge in [-0.1, -0.05) is 0 Å². The number of methoxy groups -OCH3 is 1. The third kappa shape index (κ3) is 6.17. The average molecular weight is 238 g/mol. The molecule has 0 aromatic rings. The minimum atomic E-state index is -0.883. The molecule has 1 amide bonds. The van der Waals surface area contributed by atoms with E-state index in [9.17, 15) is 9.59 Å². The molecule has 0 rings (SSSR count). The molecule has 0 unspecified atom stereocenters. The summed E-state index contributed by atoms with van der Waals surface area (Å²) in [5, 5.41) is 2.31. The van der Waals surface area contributed by atoms with Gasteiger partial charge in [0, 0.05) is 0 Å². The van der Waals surface area contributed by atoms with E-state index >= 15 is 0 Å². The largest absolute Gasteiger partial charge is 0.467 e. The number of hydrogen-bond acceptors (Lipinski definition) is 4. The minimum absolute atomic E-state index is 0.0636. The van der Waals surface area contributed by atoms with Crippen molar-refractivity contribution in [3.05, 3.63) is 0 Å². The second-order valence-corrected chi connectivity index (χ2v) is 4.18. The molecule has 0 saturated heterocycles. The highest BCUT2D eigenvalue weighted by Crippen LogP contribution is 2.07. The molecule has 0 radical (unpaired) electrons. The Labute approximate surface area is 94.1 Å². The Bertz CT molecular complexity index is 237. The molecule has 0 aliphatic carbocycles. The van der Waals surface area contributed by atoms with Crippen molar-refractivity contribution in [2.24, 2.45) is 0 Å². The summed E-state index contributed by atoms with van der Waals surface area (Å²) in [4.78, 5) is 22.3. The summed E-state index contributed by atoms with van der Waals surface area (Å²) in [6.45, 7) is 5.17. The Morgan fingerprint density at radius 3 is 2.27 bits per heavy atom. The Hall–Kier alpha value is -0.970. The Kier molecular flexibility index (Phi) is 5.43. The number of alkyl halides is 1. The van der Waals surface area contributed by atoms with E-state index < -0.39 is 23.7 Å². The van der Waals surface area contributed by atoms with Gasteiger partial charge in [0.15, 0.2) is 0 Å². The number of amides is 1. The van der Waals surface area contributed by atoms with Gasteiger partial charge in [-0.3, -0.25) is 0 Å². The third-order valence-corrected chi connectivity index (χ3v) is 1.64. The van der Waals surface area contributed by atoms with Crippen molar-refractivity contribution in [2.45, 2.75) is 32.4 Å². The van der Waals surface area contributed by atoms with E-state index in [2.05, 4.69) is 10.1 Å². The van der Waals surface area contributed by atoms with Crippen LogP contribution in [0.4, 0.5) is 4.79 Å². The Balaban J connectivity index is 4.20. The van der Waals surface area contributed by atoms with Gasteiger partial charge in [-0.05, 0) is 20.8 Å². The zero-order valence-electron chi connectivity index (χ0n) is 9.30. The van der Waals surface area contributed by atoms with Crippen LogP contribution < -0.4 is 5.32 Å². The van der Waals surface area contributed by atoms with Crippen molar-refractivity contribution in [1.82, 2.24) is 5.32 Å². The molecule has 0 aliphatic heterocycles. The molecular weight excluding hydrogens is 222 g/mol. The van der Waals surface area contributed by atoms with Gasteiger partial charge >= 0.3 is 12.1 Å². The van der Waals surface area contributed by atoms with Gasteiger partial charge in [0.25, 0.3) is 0 Å². The molecule has 0 aromatic carbocycles. The van der Waals surface area contributed by atoms with Crippen molar-refractivity contribution in [3.63, 3.8) is 0 Å². The van der Waals surface area contributed by atoms with Gasteiger partial charge in [0.1, 0.15) is 11.6 Å². The molecule has 0 fully saturated rings. The number of carbonyl (C=O) groups is 2. The molecule has 0 spiro atoms. The van der Waals surface area contributed by atoms with Gasteiger partial charge in [0.05, 0.1) is 13.0 Å². The van der Waals surface area contributed by atoms with E-state index in [1.165, 1.54) is 7.11 Å². The van der Waals surface area contributed by atoms with Gasteiger partial charge < -0.3 is 14.8 Å². The van der Waals surface area contributed by atoms with Crippen LogP contribution in [0.25, 0.3) is 0 Å². The van der Waals surface area contributed by atoms with E-state index in [-0.39, 0.29) is 5.88 Å². The first-order valence-electron chi connectivity index (χ1n) is 4.43. The summed E-state index contributed by atoms with van der Waals surface area (Å²) < 4.78 is 9.39. The lowest BCUT2D eigenvalue weighted by molar-refractivity contribution is -0.142. The highest BCUT2D eigenvalue weighted by Gasteiger charge is 2.23. The lowest BCUT2D eigenvalue weighted by Gasteiger charge is -2.21. The van der Waals surface area contributed by atoms with Crippen molar-refractivity contribution in [3.8, 4) is 0 Å². The topological polar surface area (TPSA) is 64.6 Å². The van der Waals surface area contributed by atoms with Crippen LogP contribution in [-0.4, -0.2) is 36.7 Å². The fourth-order valence-electron chi connectivity index (χ4n) is 0.753. The summed E-state index contributed by atoms with van der Waals surface area (Å²) in [6, 6.07) is -0.883. The molecule has 5 nitrogen and oxygen atoms in total. The van der Waals surface area contributed by atoms with Crippen molar-refractivity contribution < 1.29 is 19.1 Å².